The molecular weight excluding hydrogens is 433 g/mol. The van der Waals surface area contributed by atoms with E-state index in [1.807, 2.05) is 22.6 Å². The molecule has 1 aromatic rings. The van der Waals surface area contributed by atoms with E-state index in [1.54, 1.807) is 4.68 Å². The fraction of sp³-hybridized carbons (Fsp3) is 0.824. The lowest BCUT2D eigenvalue weighted by atomic mass is 9.89. The average Bonchev–Trinajstić information content (AvgIpc) is 2.82. The molecule has 6 heteroatoms. The Bertz CT molecular complexity index is 479. The van der Waals surface area contributed by atoms with Gasteiger partial charge in [-0.2, -0.15) is 5.10 Å². The lowest BCUT2D eigenvalue weighted by Crippen LogP contribution is -2.32. The lowest BCUT2D eigenvalue weighted by molar-refractivity contribution is 0.141. The zero-order valence-electron chi connectivity index (χ0n) is 14.3. The number of aromatic nitrogens is 2. The van der Waals surface area contributed by atoms with Gasteiger partial charge in [-0.1, -0.05) is 70.4 Å². The van der Waals surface area contributed by atoms with Crippen LogP contribution >= 0.6 is 34.2 Å². The maximum Gasteiger partial charge on any atom is 0.283 e. The first-order valence-electron chi connectivity index (χ1n) is 8.60. The maximum absolute atomic E-state index is 13.1. The second-order valence-corrected chi connectivity index (χ2v) is 7.87. The molecule has 1 unspecified atom stereocenters. The molecule has 0 amide bonds. The molecule has 0 aliphatic heterocycles. The highest BCUT2D eigenvalue weighted by atomic mass is 127. The molecule has 0 radical (unpaired) electrons. The van der Waals surface area contributed by atoms with Crippen molar-refractivity contribution in [3.63, 3.8) is 0 Å². The SMILES string of the molecule is CCCCCCCC(C)(CCCC)n1nc(C(F)F)c(Cl)c1I. The minimum atomic E-state index is -2.63. The van der Waals surface area contributed by atoms with Gasteiger partial charge in [-0.15, -0.1) is 0 Å². The third-order valence-electron chi connectivity index (χ3n) is 4.41. The fourth-order valence-electron chi connectivity index (χ4n) is 2.90. The highest BCUT2D eigenvalue weighted by Gasteiger charge is 2.32. The second-order valence-electron chi connectivity index (χ2n) is 6.47. The first-order valence-corrected chi connectivity index (χ1v) is 10.1. The van der Waals surface area contributed by atoms with E-state index >= 15 is 0 Å². The predicted molar refractivity (Wildman–Crippen MR) is 101 cm³/mol. The van der Waals surface area contributed by atoms with Crippen LogP contribution in [0.3, 0.4) is 0 Å². The van der Waals surface area contributed by atoms with Crippen LogP contribution in [0.1, 0.15) is 90.7 Å². The molecule has 134 valence electrons. The van der Waals surface area contributed by atoms with E-state index in [9.17, 15) is 8.78 Å². The highest BCUT2D eigenvalue weighted by molar-refractivity contribution is 14.1. The zero-order chi connectivity index (χ0) is 17.5. The van der Waals surface area contributed by atoms with Gasteiger partial charge in [0, 0.05) is 0 Å². The van der Waals surface area contributed by atoms with Crippen LogP contribution in [0.15, 0.2) is 0 Å². The van der Waals surface area contributed by atoms with Crippen molar-refractivity contribution in [3.8, 4) is 0 Å². The summed E-state index contributed by atoms with van der Waals surface area (Å²) in [5.41, 5.74) is -0.528. The number of nitrogens with zero attached hydrogens (tertiary/aromatic N) is 2. The summed E-state index contributed by atoms with van der Waals surface area (Å²) in [4.78, 5) is 0. The van der Waals surface area contributed by atoms with Crippen LogP contribution in [-0.2, 0) is 5.54 Å². The minimum Gasteiger partial charge on any atom is -0.251 e. The summed E-state index contributed by atoms with van der Waals surface area (Å²) >= 11 is 8.13. The highest BCUT2D eigenvalue weighted by Crippen LogP contribution is 2.37. The third-order valence-corrected chi connectivity index (χ3v) is 6.09. The molecule has 0 aromatic carbocycles. The van der Waals surface area contributed by atoms with Crippen molar-refractivity contribution in [1.29, 1.82) is 0 Å². The molecule has 23 heavy (non-hydrogen) atoms. The van der Waals surface area contributed by atoms with Crippen LogP contribution in [0.25, 0.3) is 0 Å². The van der Waals surface area contributed by atoms with E-state index in [4.69, 9.17) is 11.6 Å². The van der Waals surface area contributed by atoms with Gasteiger partial charge in [0.2, 0.25) is 0 Å². The van der Waals surface area contributed by atoms with Gasteiger partial charge < -0.3 is 0 Å². The van der Waals surface area contributed by atoms with Gasteiger partial charge in [0.15, 0.2) is 0 Å². The Balaban J connectivity index is 2.93. The lowest BCUT2D eigenvalue weighted by Gasteiger charge is -2.31. The van der Waals surface area contributed by atoms with Crippen molar-refractivity contribution in [2.24, 2.45) is 0 Å². The van der Waals surface area contributed by atoms with Crippen LogP contribution in [0, 0.1) is 3.70 Å². The van der Waals surface area contributed by atoms with Gasteiger partial charge in [-0.05, 0) is 42.4 Å². The minimum absolute atomic E-state index is 0.106. The molecule has 1 rings (SSSR count). The predicted octanol–water partition coefficient (Wildman–Crippen LogP) is 7.34. The Morgan fingerprint density at radius 3 is 2.17 bits per heavy atom. The first-order chi connectivity index (χ1) is 10.9. The summed E-state index contributed by atoms with van der Waals surface area (Å²) in [6.07, 6.45) is 7.39. The van der Waals surface area contributed by atoms with Gasteiger partial charge in [0.25, 0.3) is 6.43 Å². The van der Waals surface area contributed by atoms with Crippen molar-refractivity contribution < 1.29 is 8.78 Å². The van der Waals surface area contributed by atoms with Crippen molar-refractivity contribution in [3.05, 3.63) is 14.4 Å². The number of halogens is 4. The summed E-state index contributed by atoms with van der Waals surface area (Å²) in [6.45, 7) is 6.47. The smallest absolute Gasteiger partial charge is 0.251 e. The molecule has 0 saturated carbocycles. The summed E-state index contributed by atoms with van der Waals surface area (Å²) < 4.78 is 28.6. The Labute approximate surface area is 157 Å². The van der Waals surface area contributed by atoms with Gasteiger partial charge >= 0.3 is 0 Å². The van der Waals surface area contributed by atoms with Gasteiger partial charge in [-0.25, -0.2) is 8.78 Å². The molecule has 1 aromatic heterocycles. The molecule has 0 aliphatic rings. The largest absolute Gasteiger partial charge is 0.283 e. The number of hydrogen-bond donors (Lipinski definition) is 0. The molecule has 1 atom stereocenters. The Kier molecular flexibility index (Phi) is 9.34. The molecular formula is C17H28ClF2IN2. The van der Waals surface area contributed by atoms with E-state index in [1.165, 1.54) is 25.7 Å². The van der Waals surface area contributed by atoms with Crippen LogP contribution in [-0.4, -0.2) is 9.78 Å². The monoisotopic (exact) mass is 460 g/mol. The Hall–Kier alpha value is 0.0900. The molecule has 0 bridgehead atoms. The van der Waals surface area contributed by atoms with Crippen LogP contribution in [0.5, 0.6) is 0 Å². The van der Waals surface area contributed by atoms with E-state index in [-0.39, 0.29) is 16.3 Å². The van der Waals surface area contributed by atoms with Gasteiger partial charge in [-0.3, -0.25) is 4.68 Å². The van der Waals surface area contributed by atoms with Gasteiger partial charge in [0.1, 0.15) is 14.4 Å². The molecule has 0 saturated heterocycles. The van der Waals surface area contributed by atoms with Crippen LogP contribution < -0.4 is 0 Å². The number of alkyl halides is 2. The molecule has 2 nitrogen and oxygen atoms in total. The van der Waals surface area contributed by atoms with Crippen molar-refractivity contribution >= 4 is 34.2 Å². The fourth-order valence-corrected chi connectivity index (χ4v) is 4.06. The maximum atomic E-state index is 13.1. The van der Waals surface area contributed by atoms with Crippen LogP contribution in [0.2, 0.25) is 5.02 Å². The first kappa shape index (κ1) is 21.1. The standard InChI is InChI=1S/C17H28ClF2IN2/c1-4-6-8-9-10-12-17(3,11-7-5-2)23-16(21)13(18)14(22-23)15(19)20/h15H,4-12H2,1-3H3. The Morgan fingerprint density at radius 1 is 1.09 bits per heavy atom. The van der Waals surface area contributed by atoms with E-state index in [0.717, 1.165) is 32.1 Å². The molecule has 0 N–H and O–H groups in total. The van der Waals surface area contributed by atoms with Crippen molar-refractivity contribution in [2.45, 2.75) is 90.5 Å². The summed E-state index contributed by atoms with van der Waals surface area (Å²) in [6, 6.07) is 0. The van der Waals surface area contributed by atoms with E-state index in [0.29, 0.717) is 3.70 Å². The van der Waals surface area contributed by atoms with Crippen molar-refractivity contribution in [2.75, 3.05) is 0 Å². The zero-order valence-corrected chi connectivity index (χ0v) is 17.3. The second kappa shape index (κ2) is 10.2. The number of unbranched alkanes of at least 4 members (excludes halogenated alkanes) is 5. The van der Waals surface area contributed by atoms with E-state index in [2.05, 4.69) is 25.9 Å². The normalized spacial score (nSPS) is 14.4. The molecule has 1 heterocycles. The molecule has 0 spiro atoms. The number of hydrogen-bond acceptors (Lipinski definition) is 1. The van der Waals surface area contributed by atoms with Crippen molar-refractivity contribution in [1.82, 2.24) is 9.78 Å². The average molecular weight is 461 g/mol. The molecule has 0 fully saturated rings. The third kappa shape index (κ3) is 5.83. The number of rotatable bonds is 11. The summed E-state index contributed by atoms with van der Waals surface area (Å²) in [7, 11) is 0. The summed E-state index contributed by atoms with van der Waals surface area (Å²) in [5, 5.41) is 4.28. The molecule has 0 aliphatic carbocycles. The Morgan fingerprint density at radius 2 is 1.65 bits per heavy atom. The van der Waals surface area contributed by atoms with Crippen LogP contribution in [0.4, 0.5) is 8.78 Å². The van der Waals surface area contributed by atoms with E-state index < -0.39 is 6.43 Å². The summed E-state index contributed by atoms with van der Waals surface area (Å²) in [5.74, 6) is 0. The topological polar surface area (TPSA) is 17.8 Å². The quantitative estimate of drug-likeness (QED) is 0.249. The van der Waals surface area contributed by atoms with Gasteiger partial charge in [0.05, 0.1) is 5.54 Å².